The molecular weight excluding hydrogens is 300 g/mol. The summed E-state index contributed by atoms with van der Waals surface area (Å²) in [7, 11) is 1.23. The van der Waals surface area contributed by atoms with Crippen LogP contribution in [0.2, 0.25) is 0 Å². The van der Waals surface area contributed by atoms with Crippen molar-refractivity contribution < 1.29 is 28.6 Å². The van der Waals surface area contributed by atoms with E-state index in [2.05, 4.69) is 4.74 Å². The Balaban J connectivity index is 2.30. The van der Waals surface area contributed by atoms with Gasteiger partial charge < -0.3 is 14.2 Å². The number of rotatable bonds is 4. The minimum Gasteiger partial charge on any atom is -0.465 e. The van der Waals surface area contributed by atoms with Crippen LogP contribution in [0.1, 0.15) is 27.6 Å². The molecule has 0 bridgehead atoms. The van der Waals surface area contributed by atoms with Gasteiger partial charge in [-0.2, -0.15) is 0 Å². The summed E-state index contributed by atoms with van der Waals surface area (Å²) < 4.78 is 14.9. The molecule has 2 aromatic carbocycles. The zero-order chi connectivity index (χ0) is 16.8. The predicted octanol–water partition coefficient (Wildman–Crippen LogP) is 2.62. The number of hydrogen-bond acceptors (Lipinski definition) is 6. The first-order chi connectivity index (χ1) is 11.0. The molecule has 0 amide bonds. The van der Waals surface area contributed by atoms with Gasteiger partial charge in [0.15, 0.2) is 0 Å². The summed E-state index contributed by atoms with van der Waals surface area (Å²) in [6.45, 7) is 1.23. The molecule has 0 unspecified atom stereocenters. The summed E-state index contributed by atoms with van der Waals surface area (Å²) >= 11 is 0. The van der Waals surface area contributed by atoms with Crippen LogP contribution in [0.5, 0.6) is 11.5 Å². The maximum Gasteiger partial charge on any atom is 0.347 e. The van der Waals surface area contributed by atoms with Crippen LogP contribution in [0, 0.1) is 0 Å². The fraction of sp³-hybridized carbons (Fsp3) is 0.118. The molecule has 0 atom stereocenters. The molecule has 6 nitrogen and oxygen atoms in total. The average molecular weight is 314 g/mol. The quantitative estimate of drug-likeness (QED) is 0.637. The summed E-state index contributed by atoms with van der Waals surface area (Å²) in [4.78, 5) is 35.1. The molecule has 2 rings (SSSR count). The molecule has 0 fully saturated rings. The fourth-order valence-corrected chi connectivity index (χ4v) is 1.87. The van der Waals surface area contributed by atoms with Gasteiger partial charge in [0, 0.05) is 6.92 Å². The number of carbonyl (C=O) groups is 3. The molecule has 0 saturated carbocycles. The van der Waals surface area contributed by atoms with Crippen molar-refractivity contribution in [3.63, 3.8) is 0 Å². The highest BCUT2D eigenvalue weighted by Gasteiger charge is 2.19. The van der Waals surface area contributed by atoms with E-state index in [9.17, 15) is 14.4 Å². The fourth-order valence-electron chi connectivity index (χ4n) is 1.87. The molecular formula is C17H14O6. The minimum atomic E-state index is -0.752. The second-order valence-corrected chi connectivity index (χ2v) is 4.47. The van der Waals surface area contributed by atoms with Crippen LogP contribution in [0.15, 0.2) is 48.5 Å². The summed E-state index contributed by atoms with van der Waals surface area (Å²) in [5, 5.41) is 0. The summed E-state index contributed by atoms with van der Waals surface area (Å²) in [6, 6.07) is 12.4. The van der Waals surface area contributed by atoms with Crippen LogP contribution >= 0.6 is 0 Å². The SMILES string of the molecule is COC(=O)c1ccccc1OC(=O)c1ccccc1OC(C)=O. The number of esters is 3. The second-order valence-electron chi connectivity index (χ2n) is 4.47. The molecule has 0 aromatic heterocycles. The zero-order valence-electron chi connectivity index (χ0n) is 12.6. The lowest BCUT2D eigenvalue weighted by molar-refractivity contribution is -0.131. The second kappa shape index (κ2) is 7.22. The number of methoxy groups -OCH3 is 1. The van der Waals surface area contributed by atoms with Crippen molar-refractivity contribution in [3.05, 3.63) is 59.7 Å². The van der Waals surface area contributed by atoms with Crippen LogP contribution in [-0.2, 0) is 9.53 Å². The Bertz CT molecular complexity index is 750. The molecule has 0 aliphatic heterocycles. The zero-order valence-corrected chi connectivity index (χ0v) is 12.6. The minimum absolute atomic E-state index is 0.0574. The van der Waals surface area contributed by atoms with E-state index < -0.39 is 17.9 Å². The number of ether oxygens (including phenoxy) is 3. The highest BCUT2D eigenvalue weighted by atomic mass is 16.6. The van der Waals surface area contributed by atoms with E-state index in [0.29, 0.717) is 0 Å². The van der Waals surface area contributed by atoms with E-state index >= 15 is 0 Å². The highest BCUT2D eigenvalue weighted by Crippen LogP contribution is 2.23. The Kier molecular flexibility index (Phi) is 5.09. The Hall–Kier alpha value is -3.15. The molecule has 0 aliphatic carbocycles. The van der Waals surface area contributed by atoms with Crippen LogP contribution < -0.4 is 9.47 Å². The topological polar surface area (TPSA) is 78.9 Å². The molecule has 6 heteroatoms. The normalized spacial score (nSPS) is 9.83. The third-order valence-electron chi connectivity index (χ3n) is 2.86. The van der Waals surface area contributed by atoms with E-state index in [1.807, 2.05) is 0 Å². The molecule has 118 valence electrons. The van der Waals surface area contributed by atoms with Crippen LogP contribution in [-0.4, -0.2) is 25.0 Å². The molecule has 0 N–H and O–H groups in total. The van der Waals surface area contributed by atoms with Gasteiger partial charge in [0.05, 0.1) is 7.11 Å². The predicted molar refractivity (Wildman–Crippen MR) is 80.5 cm³/mol. The monoisotopic (exact) mass is 314 g/mol. The Morgan fingerprint density at radius 3 is 1.74 bits per heavy atom. The Morgan fingerprint density at radius 2 is 1.22 bits per heavy atom. The molecule has 23 heavy (non-hydrogen) atoms. The van der Waals surface area contributed by atoms with Crippen LogP contribution in [0.3, 0.4) is 0 Å². The van der Waals surface area contributed by atoms with Gasteiger partial charge >= 0.3 is 17.9 Å². The lowest BCUT2D eigenvalue weighted by atomic mass is 10.2. The van der Waals surface area contributed by atoms with Crippen molar-refractivity contribution in [1.29, 1.82) is 0 Å². The van der Waals surface area contributed by atoms with Gasteiger partial charge in [-0.3, -0.25) is 4.79 Å². The van der Waals surface area contributed by atoms with Crippen molar-refractivity contribution >= 4 is 17.9 Å². The maximum absolute atomic E-state index is 12.3. The largest absolute Gasteiger partial charge is 0.465 e. The van der Waals surface area contributed by atoms with Crippen molar-refractivity contribution in [3.8, 4) is 11.5 Å². The maximum atomic E-state index is 12.3. The van der Waals surface area contributed by atoms with Crippen molar-refractivity contribution in [1.82, 2.24) is 0 Å². The third-order valence-corrected chi connectivity index (χ3v) is 2.86. The van der Waals surface area contributed by atoms with Gasteiger partial charge in [-0.25, -0.2) is 9.59 Å². The lowest BCUT2D eigenvalue weighted by Gasteiger charge is -2.10. The van der Waals surface area contributed by atoms with Crippen molar-refractivity contribution in [2.24, 2.45) is 0 Å². The summed E-state index contributed by atoms with van der Waals surface area (Å²) in [5.41, 5.74) is 0.190. The number of benzene rings is 2. The third kappa shape index (κ3) is 3.94. The summed E-state index contributed by atoms with van der Waals surface area (Å²) in [6.07, 6.45) is 0. The first-order valence-electron chi connectivity index (χ1n) is 6.70. The van der Waals surface area contributed by atoms with Gasteiger partial charge in [0.2, 0.25) is 0 Å². The molecule has 0 radical (unpaired) electrons. The van der Waals surface area contributed by atoms with E-state index in [4.69, 9.17) is 9.47 Å². The van der Waals surface area contributed by atoms with E-state index in [0.717, 1.165) is 0 Å². The summed E-state index contributed by atoms with van der Waals surface area (Å²) in [5.74, 6) is -1.79. The molecule has 0 heterocycles. The molecule has 0 spiro atoms. The highest BCUT2D eigenvalue weighted by molar-refractivity contribution is 5.97. The Labute approximate surface area is 132 Å². The first-order valence-corrected chi connectivity index (χ1v) is 6.70. The molecule has 0 saturated heterocycles. The first kappa shape index (κ1) is 16.2. The standard InChI is InChI=1S/C17H14O6/c1-11(18)22-14-9-5-4-8-13(14)17(20)23-15-10-6-3-7-12(15)16(19)21-2/h3-10H,1-2H3. The lowest BCUT2D eigenvalue weighted by Crippen LogP contribution is -2.14. The smallest absolute Gasteiger partial charge is 0.347 e. The van der Waals surface area contributed by atoms with Crippen LogP contribution in [0.25, 0.3) is 0 Å². The van der Waals surface area contributed by atoms with Gasteiger partial charge in [-0.05, 0) is 24.3 Å². The number of carbonyl (C=O) groups excluding carboxylic acids is 3. The Morgan fingerprint density at radius 1 is 0.739 bits per heavy atom. The van der Waals surface area contributed by atoms with Crippen LogP contribution in [0.4, 0.5) is 0 Å². The number of para-hydroxylation sites is 2. The average Bonchev–Trinajstić information content (AvgIpc) is 2.54. The van der Waals surface area contributed by atoms with Gasteiger partial charge in [-0.1, -0.05) is 24.3 Å². The van der Waals surface area contributed by atoms with Gasteiger partial charge in [-0.15, -0.1) is 0 Å². The van der Waals surface area contributed by atoms with Gasteiger partial charge in [0.25, 0.3) is 0 Å². The molecule has 0 aliphatic rings. The van der Waals surface area contributed by atoms with Crippen molar-refractivity contribution in [2.45, 2.75) is 6.92 Å². The molecule has 2 aromatic rings. The van der Waals surface area contributed by atoms with E-state index in [-0.39, 0.29) is 22.6 Å². The van der Waals surface area contributed by atoms with Gasteiger partial charge in [0.1, 0.15) is 22.6 Å². The van der Waals surface area contributed by atoms with E-state index in [1.54, 1.807) is 24.3 Å². The number of hydrogen-bond donors (Lipinski definition) is 0. The van der Waals surface area contributed by atoms with Crippen molar-refractivity contribution in [2.75, 3.05) is 7.11 Å². The van der Waals surface area contributed by atoms with E-state index in [1.165, 1.54) is 38.3 Å².